The van der Waals surface area contributed by atoms with Gasteiger partial charge in [-0.25, -0.2) is 9.78 Å². The highest BCUT2D eigenvalue weighted by Crippen LogP contribution is 2.32. The highest BCUT2D eigenvalue weighted by molar-refractivity contribution is 5.88. The molecule has 0 aliphatic heterocycles. The predicted octanol–water partition coefficient (Wildman–Crippen LogP) is 3.46. The quantitative estimate of drug-likeness (QED) is 0.751. The topological polar surface area (TPSA) is 84.4 Å². The van der Waals surface area contributed by atoms with Crippen molar-refractivity contribution in [1.29, 1.82) is 0 Å². The third kappa shape index (κ3) is 2.94. The van der Waals surface area contributed by atoms with Gasteiger partial charge >= 0.3 is 5.97 Å². The van der Waals surface area contributed by atoms with Gasteiger partial charge in [-0.05, 0) is 48.5 Å². The normalized spacial score (nSPS) is 10.4. The Balaban J connectivity index is 2.10. The van der Waals surface area contributed by atoms with Crippen LogP contribution < -0.4 is 9.47 Å². The van der Waals surface area contributed by atoms with Gasteiger partial charge in [-0.1, -0.05) is 0 Å². The second-order valence-corrected chi connectivity index (χ2v) is 5.07. The van der Waals surface area contributed by atoms with E-state index in [0.717, 1.165) is 22.6 Å². The molecule has 1 heterocycles. The average molecular weight is 324 g/mol. The molecule has 0 radical (unpaired) electrons. The minimum Gasteiger partial charge on any atom is -0.497 e. The second kappa shape index (κ2) is 6.45. The number of ether oxygens (including phenoxy) is 2. The van der Waals surface area contributed by atoms with E-state index in [2.05, 4.69) is 9.97 Å². The summed E-state index contributed by atoms with van der Waals surface area (Å²) in [5.41, 5.74) is 2.83. The van der Waals surface area contributed by atoms with E-state index in [1.165, 1.54) is 0 Å². The monoisotopic (exact) mass is 324 g/mol. The fourth-order valence-corrected chi connectivity index (χ4v) is 2.40. The summed E-state index contributed by atoms with van der Waals surface area (Å²) < 4.78 is 10.3. The highest BCUT2D eigenvalue weighted by Gasteiger charge is 2.17. The molecule has 2 aromatic carbocycles. The molecule has 24 heavy (non-hydrogen) atoms. The molecule has 0 fully saturated rings. The fourth-order valence-electron chi connectivity index (χ4n) is 2.40. The van der Waals surface area contributed by atoms with Crippen LogP contribution in [0.4, 0.5) is 0 Å². The van der Waals surface area contributed by atoms with Crippen LogP contribution in [0.25, 0.3) is 22.5 Å². The van der Waals surface area contributed by atoms with E-state index in [0.29, 0.717) is 11.4 Å². The molecule has 1 aromatic heterocycles. The van der Waals surface area contributed by atoms with Crippen molar-refractivity contribution in [3.8, 4) is 34.0 Å². The van der Waals surface area contributed by atoms with Crippen molar-refractivity contribution in [1.82, 2.24) is 9.97 Å². The van der Waals surface area contributed by atoms with Crippen molar-refractivity contribution in [3.05, 3.63) is 54.4 Å². The van der Waals surface area contributed by atoms with E-state index in [-0.39, 0.29) is 5.82 Å². The number of methoxy groups -OCH3 is 2. The molecule has 0 bridgehead atoms. The van der Waals surface area contributed by atoms with Crippen LogP contribution in [0.1, 0.15) is 10.6 Å². The largest absolute Gasteiger partial charge is 0.497 e. The number of carboxylic acids is 1. The van der Waals surface area contributed by atoms with E-state index in [9.17, 15) is 9.90 Å². The molecule has 3 rings (SSSR count). The number of benzene rings is 2. The van der Waals surface area contributed by atoms with Crippen LogP contribution >= 0.6 is 0 Å². The molecule has 6 heteroatoms. The minimum absolute atomic E-state index is 0.105. The van der Waals surface area contributed by atoms with Crippen LogP contribution in [0, 0.1) is 0 Å². The summed E-state index contributed by atoms with van der Waals surface area (Å²) >= 11 is 0. The van der Waals surface area contributed by atoms with Gasteiger partial charge in [-0.2, -0.15) is 0 Å². The Labute approximate surface area is 138 Å². The number of carboxylic acid groups (broad SMARTS) is 1. The first-order chi connectivity index (χ1) is 11.6. The van der Waals surface area contributed by atoms with E-state index in [1.54, 1.807) is 14.2 Å². The number of H-pyrrole nitrogens is 1. The van der Waals surface area contributed by atoms with Gasteiger partial charge in [0.05, 0.1) is 25.6 Å². The van der Waals surface area contributed by atoms with Crippen molar-refractivity contribution in [2.75, 3.05) is 14.2 Å². The van der Waals surface area contributed by atoms with Crippen molar-refractivity contribution in [2.45, 2.75) is 0 Å². The molecule has 122 valence electrons. The summed E-state index contributed by atoms with van der Waals surface area (Å²) in [6.45, 7) is 0. The van der Waals surface area contributed by atoms with Crippen LogP contribution in [-0.4, -0.2) is 35.3 Å². The van der Waals surface area contributed by atoms with Gasteiger partial charge in [-0.15, -0.1) is 0 Å². The van der Waals surface area contributed by atoms with Gasteiger partial charge in [-0.3, -0.25) is 0 Å². The van der Waals surface area contributed by atoms with E-state index in [1.807, 2.05) is 48.5 Å². The Kier molecular flexibility index (Phi) is 4.20. The lowest BCUT2D eigenvalue weighted by atomic mass is 10.0. The van der Waals surface area contributed by atoms with Crippen molar-refractivity contribution < 1.29 is 19.4 Å². The predicted molar refractivity (Wildman–Crippen MR) is 89.5 cm³/mol. The molecule has 3 aromatic rings. The fraction of sp³-hybridized carbons (Fsp3) is 0.111. The number of aromatic amines is 1. The maximum absolute atomic E-state index is 11.3. The standard InChI is InChI=1S/C18H16N2O4/c1-23-13-7-3-11(4-8-13)15-16(20-17(19-15)18(21)22)12-5-9-14(24-2)10-6-12/h3-10H,1-2H3,(H,19,20)(H,21,22). The average Bonchev–Trinajstić information content (AvgIpc) is 3.07. The Hall–Kier alpha value is -3.28. The van der Waals surface area contributed by atoms with Gasteiger partial charge in [0.15, 0.2) is 0 Å². The van der Waals surface area contributed by atoms with E-state index in [4.69, 9.17) is 9.47 Å². The summed E-state index contributed by atoms with van der Waals surface area (Å²) in [6.07, 6.45) is 0. The number of aromatic carboxylic acids is 1. The lowest BCUT2D eigenvalue weighted by Crippen LogP contribution is -1.98. The number of rotatable bonds is 5. The zero-order chi connectivity index (χ0) is 17.1. The Morgan fingerprint density at radius 3 is 1.88 bits per heavy atom. The third-order valence-corrected chi connectivity index (χ3v) is 3.65. The number of hydrogen-bond acceptors (Lipinski definition) is 4. The smallest absolute Gasteiger partial charge is 0.371 e. The highest BCUT2D eigenvalue weighted by atomic mass is 16.5. The van der Waals surface area contributed by atoms with Crippen molar-refractivity contribution >= 4 is 5.97 Å². The van der Waals surface area contributed by atoms with Gasteiger partial charge in [0.25, 0.3) is 0 Å². The first kappa shape index (κ1) is 15.6. The maximum atomic E-state index is 11.3. The van der Waals surface area contributed by atoms with Gasteiger partial charge in [0.2, 0.25) is 5.82 Å². The molecule has 0 spiro atoms. The summed E-state index contributed by atoms with van der Waals surface area (Å²) in [5.74, 6) is 0.234. The SMILES string of the molecule is COc1ccc(-c2nc(C(=O)O)[nH]c2-c2ccc(OC)cc2)cc1. The van der Waals surface area contributed by atoms with Gasteiger partial charge in [0, 0.05) is 11.1 Å². The Bertz CT molecular complexity index is 787. The van der Waals surface area contributed by atoms with Crippen LogP contribution in [0.15, 0.2) is 48.5 Å². The summed E-state index contributed by atoms with van der Waals surface area (Å²) in [4.78, 5) is 18.4. The van der Waals surface area contributed by atoms with Crippen LogP contribution in [0.2, 0.25) is 0 Å². The summed E-state index contributed by atoms with van der Waals surface area (Å²) in [6, 6.07) is 14.6. The first-order valence-corrected chi connectivity index (χ1v) is 7.24. The number of nitrogens with one attached hydrogen (secondary N) is 1. The molecule has 0 amide bonds. The van der Waals surface area contributed by atoms with E-state index < -0.39 is 5.97 Å². The molecule has 0 aliphatic rings. The zero-order valence-corrected chi connectivity index (χ0v) is 13.2. The molecule has 0 atom stereocenters. The zero-order valence-electron chi connectivity index (χ0n) is 13.2. The first-order valence-electron chi connectivity index (χ1n) is 7.24. The molecular formula is C18H16N2O4. The molecular weight excluding hydrogens is 308 g/mol. The van der Waals surface area contributed by atoms with E-state index >= 15 is 0 Å². The second-order valence-electron chi connectivity index (χ2n) is 5.07. The van der Waals surface area contributed by atoms with Crippen LogP contribution in [-0.2, 0) is 0 Å². The molecule has 0 saturated heterocycles. The Morgan fingerprint density at radius 1 is 0.917 bits per heavy atom. The Morgan fingerprint density at radius 2 is 1.42 bits per heavy atom. The van der Waals surface area contributed by atoms with Gasteiger partial charge in [0.1, 0.15) is 11.5 Å². The third-order valence-electron chi connectivity index (χ3n) is 3.65. The summed E-state index contributed by atoms with van der Waals surface area (Å²) in [7, 11) is 3.19. The number of carbonyl (C=O) groups is 1. The minimum atomic E-state index is -1.11. The van der Waals surface area contributed by atoms with Gasteiger partial charge < -0.3 is 19.6 Å². The maximum Gasteiger partial charge on any atom is 0.371 e. The summed E-state index contributed by atoms with van der Waals surface area (Å²) in [5, 5.41) is 9.25. The molecule has 0 unspecified atom stereocenters. The van der Waals surface area contributed by atoms with Crippen molar-refractivity contribution in [3.63, 3.8) is 0 Å². The number of hydrogen-bond donors (Lipinski definition) is 2. The number of imidazole rings is 1. The lowest BCUT2D eigenvalue weighted by molar-refractivity contribution is 0.0685. The molecule has 6 nitrogen and oxygen atoms in total. The molecule has 0 saturated carbocycles. The number of nitrogens with zero attached hydrogens (tertiary/aromatic N) is 1. The van der Waals surface area contributed by atoms with Crippen LogP contribution in [0.3, 0.4) is 0 Å². The molecule has 2 N–H and O–H groups in total. The van der Waals surface area contributed by atoms with Crippen LogP contribution in [0.5, 0.6) is 11.5 Å². The van der Waals surface area contributed by atoms with Crippen molar-refractivity contribution in [2.24, 2.45) is 0 Å². The lowest BCUT2D eigenvalue weighted by Gasteiger charge is -2.06. The molecule has 0 aliphatic carbocycles. The number of aromatic nitrogens is 2.